The molecule has 0 amide bonds. The molecule has 1 aromatic rings. The summed E-state index contributed by atoms with van der Waals surface area (Å²) < 4.78 is 14.2. The fraction of sp³-hybridized carbons (Fsp3) is 0.538. The Hall–Kier alpha value is -0.310. The van der Waals surface area contributed by atoms with Crippen LogP contribution in [-0.4, -0.2) is 18.8 Å². The maximum absolute atomic E-state index is 14.2. The summed E-state index contributed by atoms with van der Waals surface area (Å²) in [5.41, 5.74) is 0.718. The molecule has 0 aliphatic carbocycles. The number of hydrogen-bond donors (Lipinski definition) is 1. The monoisotopic (exact) mass is 275 g/mol. The second-order valence-electron chi connectivity index (χ2n) is 4.48. The average Bonchev–Trinajstić information content (AvgIpc) is 2.35. The van der Waals surface area contributed by atoms with E-state index in [4.69, 9.17) is 23.2 Å². The number of rotatable bonds is 3. The summed E-state index contributed by atoms with van der Waals surface area (Å²) in [4.78, 5) is 0. The third-order valence-corrected chi connectivity index (χ3v) is 3.95. The summed E-state index contributed by atoms with van der Waals surface area (Å²) >= 11 is 12.1. The number of alkyl halides is 1. The molecule has 1 saturated heterocycles. The van der Waals surface area contributed by atoms with Crippen molar-refractivity contribution in [3.63, 3.8) is 0 Å². The molecule has 2 atom stereocenters. The number of nitrogens with one attached hydrogen (secondary N) is 1. The van der Waals surface area contributed by atoms with Crippen LogP contribution in [0.3, 0.4) is 0 Å². The summed E-state index contributed by atoms with van der Waals surface area (Å²) in [5, 5.41) is 4.32. The van der Waals surface area contributed by atoms with Crippen molar-refractivity contribution in [1.82, 2.24) is 5.32 Å². The van der Waals surface area contributed by atoms with Crippen molar-refractivity contribution >= 4 is 23.2 Å². The van der Waals surface area contributed by atoms with Crippen LogP contribution >= 0.6 is 23.2 Å². The van der Waals surface area contributed by atoms with Crippen molar-refractivity contribution in [2.45, 2.75) is 37.9 Å². The summed E-state index contributed by atoms with van der Waals surface area (Å²) in [6, 6.07) is 5.23. The maximum atomic E-state index is 14.2. The summed E-state index contributed by atoms with van der Waals surface area (Å²) in [6.45, 7) is 0.904. The molecular formula is C13H16Cl2FN. The number of hydrogen-bond acceptors (Lipinski definition) is 1. The first-order valence-electron chi connectivity index (χ1n) is 5.99. The second-order valence-corrected chi connectivity index (χ2v) is 5.29. The van der Waals surface area contributed by atoms with E-state index in [1.807, 2.05) is 0 Å². The zero-order valence-electron chi connectivity index (χ0n) is 9.56. The Morgan fingerprint density at radius 2 is 2.00 bits per heavy atom. The van der Waals surface area contributed by atoms with Crippen LogP contribution in [0, 0.1) is 0 Å². The van der Waals surface area contributed by atoms with Crippen LogP contribution < -0.4 is 5.32 Å². The van der Waals surface area contributed by atoms with E-state index < -0.39 is 6.17 Å². The molecule has 1 aromatic carbocycles. The van der Waals surface area contributed by atoms with Crippen molar-refractivity contribution in [3.05, 3.63) is 33.8 Å². The molecule has 0 bridgehead atoms. The van der Waals surface area contributed by atoms with E-state index in [2.05, 4.69) is 5.32 Å². The largest absolute Gasteiger partial charge is 0.311 e. The van der Waals surface area contributed by atoms with Gasteiger partial charge in [0.15, 0.2) is 0 Å². The number of piperidine rings is 1. The predicted molar refractivity (Wildman–Crippen MR) is 70.7 cm³/mol. The van der Waals surface area contributed by atoms with E-state index in [0.717, 1.165) is 31.4 Å². The Balaban J connectivity index is 2.04. The molecule has 0 saturated carbocycles. The lowest BCUT2D eigenvalue weighted by atomic mass is 9.96. The lowest BCUT2D eigenvalue weighted by Gasteiger charge is -2.27. The Bertz CT molecular complexity index is 357. The molecule has 1 aliphatic rings. The standard InChI is InChI=1S/C13H16Cl2FN/c14-10-4-3-5-11(15)9(10)8-12(16)13-6-1-2-7-17-13/h3-5,12-13,17H,1-2,6-8H2. The first-order chi connectivity index (χ1) is 8.18. The minimum atomic E-state index is -0.923. The SMILES string of the molecule is FC(Cc1c(Cl)cccc1Cl)C1CCCCN1. The highest BCUT2D eigenvalue weighted by molar-refractivity contribution is 6.35. The lowest BCUT2D eigenvalue weighted by Crippen LogP contribution is -2.42. The van der Waals surface area contributed by atoms with Crippen molar-refractivity contribution in [3.8, 4) is 0 Å². The highest BCUT2D eigenvalue weighted by Crippen LogP contribution is 2.27. The molecule has 0 aromatic heterocycles. The van der Waals surface area contributed by atoms with Gasteiger partial charge in [-0.25, -0.2) is 4.39 Å². The van der Waals surface area contributed by atoms with Crippen LogP contribution in [0.25, 0.3) is 0 Å². The van der Waals surface area contributed by atoms with Crippen LogP contribution in [0.1, 0.15) is 24.8 Å². The van der Waals surface area contributed by atoms with Gasteiger partial charge in [-0.05, 0) is 37.1 Å². The first-order valence-corrected chi connectivity index (χ1v) is 6.74. The van der Waals surface area contributed by atoms with Gasteiger partial charge < -0.3 is 5.32 Å². The minimum absolute atomic E-state index is 0.0592. The Morgan fingerprint density at radius 3 is 2.59 bits per heavy atom. The van der Waals surface area contributed by atoms with E-state index in [0.29, 0.717) is 10.0 Å². The van der Waals surface area contributed by atoms with E-state index >= 15 is 0 Å². The van der Waals surface area contributed by atoms with Crippen molar-refractivity contribution in [2.75, 3.05) is 6.54 Å². The van der Waals surface area contributed by atoms with Crippen LogP contribution in [0.5, 0.6) is 0 Å². The molecular weight excluding hydrogens is 260 g/mol. The summed E-state index contributed by atoms with van der Waals surface area (Å²) in [6.07, 6.45) is 2.48. The topological polar surface area (TPSA) is 12.0 Å². The summed E-state index contributed by atoms with van der Waals surface area (Å²) in [5.74, 6) is 0. The van der Waals surface area contributed by atoms with E-state index in [1.54, 1.807) is 18.2 Å². The Kier molecular flexibility index (Phi) is 4.66. The van der Waals surface area contributed by atoms with E-state index in [-0.39, 0.29) is 12.5 Å². The van der Waals surface area contributed by atoms with Gasteiger partial charge in [-0.3, -0.25) is 0 Å². The van der Waals surface area contributed by atoms with Crippen LogP contribution in [0.15, 0.2) is 18.2 Å². The molecule has 2 rings (SSSR count). The fourth-order valence-electron chi connectivity index (χ4n) is 2.25. The van der Waals surface area contributed by atoms with Crippen molar-refractivity contribution in [2.24, 2.45) is 0 Å². The molecule has 2 unspecified atom stereocenters. The molecule has 94 valence electrons. The van der Waals surface area contributed by atoms with Gasteiger partial charge in [0.25, 0.3) is 0 Å². The van der Waals surface area contributed by atoms with Gasteiger partial charge in [-0.2, -0.15) is 0 Å². The van der Waals surface area contributed by atoms with E-state index in [1.165, 1.54) is 0 Å². The van der Waals surface area contributed by atoms with Crippen LogP contribution in [0.4, 0.5) is 4.39 Å². The van der Waals surface area contributed by atoms with Gasteiger partial charge in [0.1, 0.15) is 6.17 Å². The molecule has 1 heterocycles. The molecule has 1 nitrogen and oxygen atoms in total. The normalized spacial score (nSPS) is 22.4. The van der Waals surface area contributed by atoms with Gasteiger partial charge in [0, 0.05) is 22.5 Å². The lowest BCUT2D eigenvalue weighted by molar-refractivity contribution is 0.217. The first kappa shape index (κ1) is 13.1. The van der Waals surface area contributed by atoms with Gasteiger partial charge in [-0.1, -0.05) is 35.7 Å². The Labute approximate surface area is 111 Å². The maximum Gasteiger partial charge on any atom is 0.119 e. The molecule has 1 N–H and O–H groups in total. The number of benzene rings is 1. The van der Waals surface area contributed by atoms with Crippen LogP contribution in [-0.2, 0) is 6.42 Å². The average molecular weight is 276 g/mol. The smallest absolute Gasteiger partial charge is 0.119 e. The van der Waals surface area contributed by atoms with Crippen molar-refractivity contribution in [1.29, 1.82) is 0 Å². The second kappa shape index (κ2) is 6.03. The Morgan fingerprint density at radius 1 is 1.29 bits per heavy atom. The summed E-state index contributed by atoms with van der Waals surface area (Å²) in [7, 11) is 0. The van der Waals surface area contributed by atoms with Crippen molar-refractivity contribution < 1.29 is 4.39 Å². The molecule has 1 aliphatic heterocycles. The molecule has 0 spiro atoms. The third kappa shape index (κ3) is 3.34. The molecule has 0 radical (unpaired) electrons. The molecule has 4 heteroatoms. The van der Waals surface area contributed by atoms with Gasteiger partial charge in [-0.15, -0.1) is 0 Å². The van der Waals surface area contributed by atoms with E-state index in [9.17, 15) is 4.39 Å². The minimum Gasteiger partial charge on any atom is -0.311 e. The molecule has 1 fully saturated rings. The van der Waals surface area contributed by atoms with Gasteiger partial charge in [0.2, 0.25) is 0 Å². The zero-order chi connectivity index (χ0) is 12.3. The fourth-order valence-corrected chi connectivity index (χ4v) is 2.80. The third-order valence-electron chi connectivity index (χ3n) is 3.25. The van der Waals surface area contributed by atoms with Gasteiger partial charge in [0.05, 0.1) is 0 Å². The van der Waals surface area contributed by atoms with Gasteiger partial charge >= 0.3 is 0 Å². The predicted octanol–water partition coefficient (Wildman–Crippen LogP) is 4.02. The quantitative estimate of drug-likeness (QED) is 0.879. The van der Waals surface area contributed by atoms with Crippen LogP contribution in [0.2, 0.25) is 10.0 Å². The molecule has 17 heavy (non-hydrogen) atoms. The zero-order valence-corrected chi connectivity index (χ0v) is 11.1. The highest BCUT2D eigenvalue weighted by Gasteiger charge is 2.24. The highest BCUT2D eigenvalue weighted by atomic mass is 35.5. The number of halogens is 3.